The van der Waals surface area contributed by atoms with Crippen LogP contribution in [0.25, 0.3) is 0 Å². The molecule has 2 fully saturated rings. The van der Waals surface area contributed by atoms with Gasteiger partial charge in [0.25, 0.3) is 0 Å². The van der Waals surface area contributed by atoms with Crippen LogP contribution in [0.4, 0.5) is 5.69 Å². The molecule has 5 nitrogen and oxygen atoms in total. The van der Waals surface area contributed by atoms with Gasteiger partial charge in [-0.3, -0.25) is 9.59 Å². The second-order valence-corrected chi connectivity index (χ2v) is 7.42. The molecule has 2 aliphatic heterocycles. The summed E-state index contributed by atoms with van der Waals surface area (Å²) in [5.41, 5.74) is 6.41. The third kappa shape index (κ3) is 3.13. The molecule has 3 rings (SSSR count). The molecule has 3 atom stereocenters. The van der Waals surface area contributed by atoms with Gasteiger partial charge in [0.05, 0.1) is 10.0 Å². The molecule has 2 amide bonds. The van der Waals surface area contributed by atoms with Crippen molar-refractivity contribution in [1.29, 1.82) is 0 Å². The second kappa shape index (κ2) is 6.90. The Balaban J connectivity index is 1.74. The van der Waals surface area contributed by atoms with E-state index in [0.717, 1.165) is 6.42 Å². The van der Waals surface area contributed by atoms with E-state index in [0.29, 0.717) is 47.7 Å². The van der Waals surface area contributed by atoms with Crippen molar-refractivity contribution in [1.82, 2.24) is 4.90 Å². The second-order valence-electron chi connectivity index (χ2n) is 6.61. The van der Waals surface area contributed by atoms with Gasteiger partial charge in [-0.2, -0.15) is 0 Å². The van der Waals surface area contributed by atoms with E-state index in [-0.39, 0.29) is 17.9 Å². The van der Waals surface area contributed by atoms with Crippen LogP contribution in [0, 0.1) is 11.8 Å². The topological polar surface area (TPSA) is 66.6 Å². The van der Waals surface area contributed by atoms with Crippen molar-refractivity contribution in [3.63, 3.8) is 0 Å². The predicted octanol–water partition coefficient (Wildman–Crippen LogP) is 2.54. The fraction of sp³-hybridized carbons (Fsp3) is 0.529. The molecule has 24 heavy (non-hydrogen) atoms. The molecule has 2 N–H and O–H groups in total. The predicted molar refractivity (Wildman–Crippen MR) is 95.3 cm³/mol. The molecule has 0 aliphatic carbocycles. The van der Waals surface area contributed by atoms with Crippen LogP contribution < -0.4 is 10.6 Å². The molecule has 0 spiro atoms. The number of amides is 2. The van der Waals surface area contributed by atoms with Crippen LogP contribution in [-0.4, -0.2) is 42.4 Å². The summed E-state index contributed by atoms with van der Waals surface area (Å²) < 4.78 is 0. The van der Waals surface area contributed by atoms with Crippen molar-refractivity contribution >= 4 is 40.7 Å². The lowest BCUT2D eigenvalue weighted by molar-refractivity contribution is -0.140. The number of carbonyl (C=O) groups excluding carboxylic acids is 2. The summed E-state index contributed by atoms with van der Waals surface area (Å²) in [6.07, 6.45) is 1.42. The van der Waals surface area contributed by atoms with Gasteiger partial charge in [0, 0.05) is 24.8 Å². The van der Waals surface area contributed by atoms with Gasteiger partial charge in [0.1, 0.15) is 5.92 Å². The number of rotatable bonds is 3. The molecule has 1 aromatic rings. The van der Waals surface area contributed by atoms with E-state index in [1.165, 1.54) is 0 Å². The highest BCUT2D eigenvalue weighted by Crippen LogP contribution is 2.33. The minimum atomic E-state index is -0.613. The van der Waals surface area contributed by atoms with Crippen molar-refractivity contribution in [3.8, 4) is 0 Å². The highest BCUT2D eigenvalue weighted by molar-refractivity contribution is 6.42. The summed E-state index contributed by atoms with van der Waals surface area (Å²) in [5, 5.41) is 0.842. The molecule has 2 aliphatic rings. The Hall–Kier alpha value is -1.30. The van der Waals surface area contributed by atoms with E-state index < -0.39 is 5.92 Å². The number of hydrogen-bond acceptors (Lipinski definition) is 3. The summed E-state index contributed by atoms with van der Waals surface area (Å²) in [4.78, 5) is 29.0. The molecule has 0 bridgehead atoms. The van der Waals surface area contributed by atoms with Crippen LogP contribution in [0.2, 0.25) is 10.0 Å². The Morgan fingerprint density at radius 2 is 2.08 bits per heavy atom. The minimum Gasteiger partial charge on any atom is -0.339 e. The first-order chi connectivity index (χ1) is 11.4. The summed E-state index contributed by atoms with van der Waals surface area (Å²) in [7, 11) is 0. The van der Waals surface area contributed by atoms with Gasteiger partial charge in [-0.05, 0) is 50.4 Å². The van der Waals surface area contributed by atoms with Crippen LogP contribution >= 0.6 is 23.2 Å². The van der Waals surface area contributed by atoms with Crippen molar-refractivity contribution in [2.45, 2.75) is 25.8 Å². The molecule has 3 unspecified atom stereocenters. The maximum Gasteiger partial charge on any atom is 0.239 e. The number of hydrogen-bond donors (Lipinski definition) is 1. The lowest BCUT2D eigenvalue weighted by Crippen LogP contribution is -2.42. The Morgan fingerprint density at radius 1 is 1.33 bits per heavy atom. The SMILES string of the molecule is CC1CC(CN)CN1C(=O)C1CCN(c2ccc(Cl)c(Cl)c2)C1=O. The van der Waals surface area contributed by atoms with Crippen LogP contribution in [-0.2, 0) is 9.59 Å². The highest BCUT2D eigenvalue weighted by Gasteiger charge is 2.43. The molecule has 0 radical (unpaired) electrons. The lowest BCUT2D eigenvalue weighted by Gasteiger charge is -2.24. The van der Waals surface area contributed by atoms with E-state index in [2.05, 4.69) is 0 Å². The Kier molecular flexibility index (Phi) is 5.04. The maximum absolute atomic E-state index is 12.8. The van der Waals surface area contributed by atoms with Crippen molar-refractivity contribution < 1.29 is 9.59 Å². The summed E-state index contributed by atoms with van der Waals surface area (Å²) in [6, 6.07) is 5.22. The number of nitrogens with two attached hydrogens (primary N) is 1. The standard InChI is InChI=1S/C17H21Cl2N3O2/c1-10-6-11(8-20)9-22(10)17(24)13-4-5-21(16(13)23)12-2-3-14(18)15(19)7-12/h2-3,7,10-11,13H,4-6,8-9,20H2,1H3. The maximum atomic E-state index is 12.8. The molecule has 7 heteroatoms. The summed E-state index contributed by atoms with van der Waals surface area (Å²) in [5.74, 6) is -0.530. The number of halogens is 2. The third-order valence-electron chi connectivity index (χ3n) is 5.00. The normalized spacial score (nSPS) is 27.2. The number of anilines is 1. The number of likely N-dealkylation sites (tertiary alicyclic amines) is 1. The molecule has 1 aromatic carbocycles. The van der Waals surface area contributed by atoms with E-state index in [1.54, 1.807) is 23.1 Å². The molecule has 130 valence electrons. The van der Waals surface area contributed by atoms with E-state index >= 15 is 0 Å². The van der Waals surface area contributed by atoms with Gasteiger partial charge < -0.3 is 15.5 Å². The lowest BCUT2D eigenvalue weighted by atomic mass is 10.1. The van der Waals surface area contributed by atoms with Crippen LogP contribution in [0.3, 0.4) is 0 Å². The van der Waals surface area contributed by atoms with E-state index in [4.69, 9.17) is 28.9 Å². The molecule has 0 saturated carbocycles. The first kappa shape index (κ1) is 17.5. The molecular weight excluding hydrogens is 349 g/mol. The zero-order valence-electron chi connectivity index (χ0n) is 13.5. The van der Waals surface area contributed by atoms with E-state index in [1.807, 2.05) is 11.8 Å². The fourth-order valence-corrected chi connectivity index (χ4v) is 3.93. The molecule has 2 heterocycles. The number of benzene rings is 1. The van der Waals surface area contributed by atoms with Crippen LogP contribution in [0.15, 0.2) is 18.2 Å². The largest absolute Gasteiger partial charge is 0.339 e. The fourth-order valence-electron chi connectivity index (χ4n) is 3.64. The molecule has 0 aromatic heterocycles. The average Bonchev–Trinajstić information content (AvgIpc) is 3.12. The number of nitrogens with zero attached hydrogens (tertiary/aromatic N) is 2. The third-order valence-corrected chi connectivity index (χ3v) is 5.74. The van der Waals surface area contributed by atoms with Crippen molar-refractivity contribution in [3.05, 3.63) is 28.2 Å². The Morgan fingerprint density at radius 3 is 2.71 bits per heavy atom. The van der Waals surface area contributed by atoms with Gasteiger partial charge in [0.2, 0.25) is 11.8 Å². The van der Waals surface area contributed by atoms with E-state index in [9.17, 15) is 9.59 Å². The van der Waals surface area contributed by atoms with Crippen molar-refractivity contribution in [2.24, 2.45) is 17.6 Å². The van der Waals surface area contributed by atoms with Gasteiger partial charge >= 0.3 is 0 Å². The zero-order valence-corrected chi connectivity index (χ0v) is 15.1. The first-order valence-electron chi connectivity index (χ1n) is 8.19. The molecule has 2 saturated heterocycles. The molecular formula is C17H21Cl2N3O2. The summed E-state index contributed by atoms with van der Waals surface area (Å²) in [6.45, 7) is 3.74. The Bertz CT molecular complexity index is 667. The quantitative estimate of drug-likeness (QED) is 0.832. The first-order valence-corrected chi connectivity index (χ1v) is 8.95. The number of carbonyl (C=O) groups is 2. The van der Waals surface area contributed by atoms with Gasteiger partial charge in [-0.1, -0.05) is 23.2 Å². The van der Waals surface area contributed by atoms with Crippen molar-refractivity contribution in [2.75, 3.05) is 24.5 Å². The average molecular weight is 370 g/mol. The smallest absolute Gasteiger partial charge is 0.239 e. The van der Waals surface area contributed by atoms with Crippen LogP contribution in [0.5, 0.6) is 0 Å². The summed E-state index contributed by atoms with van der Waals surface area (Å²) >= 11 is 12.0. The monoisotopic (exact) mass is 369 g/mol. The highest BCUT2D eigenvalue weighted by atomic mass is 35.5. The zero-order chi connectivity index (χ0) is 17.4. The van der Waals surface area contributed by atoms with Crippen LogP contribution in [0.1, 0.15) is 19.8 Å². The van der Waals surface area contributed by atoms with Gasteiger partial charge in [-0.15, -0.1) is 0 Å². The van der Waals surface area contributed by atoms with Gasteiger partial charge in [0.15, 0.2) is 0 Å². The Labute approximate surface area is 151 Å². The van der Waals surface area contributed by atoms with Gasteiger partial charge in [-0.25, -0.2) is 0 Å². The minimum absolute atomic E-state index is 0.0778.